The zero-order valence-electron chi connectivity index (χ0n) is 9.44. The van der Waals surface area contributed by atoms with E-state index in [1.54, 1.807) is 0 Å². The molecule has 0 aliphatic carbocycles. The summed E-state index contributed by atoms with van der Waals surface area (Å²) in [6.45, 7) is 2.93. The van der Waals surface area contributed by atoms with Gasteiger partial charge in [-0.15, -0.1) is 0 Å². The second-order valence-electron chi connectivity index (χ2n) is 4.15. The lowest BCUT2D eigenvalue weighted by atomic mass is 10.1. The third kappa shape index (κ3) is 2.53. The van der Waals surface area contributed by atoms with Gasteiger partial charge in [-0.25, -0.2) is 0 Å². The molecule has 0 spiro atoms. The standard InChI is InChI=1S/C13H16N2O/c1-10-13(7-9-16-10)15-12-4-2-11(3-5-12)6-8-14/h2-5,10,13,15H,6-7,9H2,1H3. The minimum absolute atomic E-state index is 0.277. The molecule has 84 valence electrons. The number of hydrogen-bond acceptors (Lipinski definition) is 3. The first-order valence-corrected chi connectivity index (χ1v) is 5.63. The van der Waals surface area contributed by atoms with Gasteiger partial charge < -0.3 is 10.1 Å². The number of rotatable bonds is 3. The van der Waals surface area contributed by atoms with E-state index in [0.29, 0.717) is 12.5 Å². The summed E-state index contributed by atoms with van der Waals surface area (Å²) in [5.41, 5.74) is 2.16. The molecule has 1 saturated heterocycles. The Morgan fingerprint density at radius 3 is 2.75 bits per heavy atom. The molecule has 2 unspecified atom stereocenters. The molecule has 0 aromatic heterocycles. The highest BCUT2D eigenvalue weighted by molar-refractivity contribution is 5.46. The Bertz CT molecular complexity index is 380. The molecule has 0 amide bonds. The molecule has 16 heavy (non-hydrogen) atoms. The molecule has 0 radical (unpaired) electrons. The van der Waals surface area contributed by atoms with Crippen molar-refractivity contribution in [3.63, 3.8) is 0 Å². The molecule has 1 aromatic rings. The number of anilines is 1. The lowest BCUT2D eigenvalue weighted by Gasteiger charge is -2.17. The second kappa shape index (κ2) is 5.00. The normalized spacial score (nSPS) is 24.0. The van der Waals surface area contributed by atoms with Gasteiger partial charge in [-0.05, 0) is 31.0 Å². The third-order valence-corrected chi connectivity index (χ3v) is 2.97. The lowest BCUT2D eigenvalue weighted by molar-refractivity contribution is 0.121. The van der Waals surface area contributed by atoms with Crippen LogP contribution in [0.5, 0.6) is 0 Å². The minimum atomic E-state index is 0.277. The van der Waals surface area contributed by atoms with Gasteiger partial charge in [-0.3, -0.25) is 0 Å². The molecule has 1 N–H and O–H groups in total. The van der Waals surface area contributed by atoms with E-state index in [1.807, 2.05) is 24.3 Å². The van der Waals surface area contributed by atoms with Crippen molar-refractivity contribution in [1.82, 2.24) is 0 Å². The zero-order chi connectivity index (χ0) is 11.4. The van der Waals surface area contributed by atoms with Crippen molar-refractivity contribution in [2.75, 3.05) is 11.9 Å². The van der Waals surface area contributed by atoms with Crippen molar-refractivity contribution in [1.29, 1.82) is 5.26 Å². The van der Waals surface area contributed by atoms with Gasteiger partial charge in [-0.2, -0.15) is 5.26 Å². The van der Waals surface area contributed by atoms with Crippen molar-refractivity contribution in [2.24, 2.45) is 0 Å². The van der Waals surface area contributed by atoms with E-state index in [1.165, 1.54) is 0 Å². The molecule has 3 heteroatoms. The third-order valence-electron chi connectivity index (χ3n) is 2.97. The summed E-state index contributed by atoms with van der Waals surface area (Å²) < 4.78 is 5.49. The molecule has 1 aliphatic rings. The summed E-state index contributed by atoms with van der Waals surface area (Å²) in [7, 11) is 0. The maximum atomic E-state index is 8.57. The monoisotopic (exact) mass is 216 g/mol. The Balaban J connectivity index is 1.97. The van der Waals surface area contributed by atoms with Crippen molar-refractivity contribution in [2.45, 2.75) is 31.9 Å². The molecule has 2 atom stereocenters. The van der Waals surface area contributed by atoms with Crippen LogP contribution in [-0.4, -0.2) is 18.8 Å². The molecular formula is C13H16N2O. The highest BCUT2D eigenvalue weighted by atomic mass is 16.5. The Labute approximate surface area is 96.0 Å². The van der Waals surface area contributed by atoms with Gasteiger partial charge in [0.05, 0.1) is 24.6 Å². The van der Waals surface area contributed by atoms with E-state index in [-0.39, 0.29) is 6.10 Å². The minimum Gasteiger partial charge on any atom is -0.380 e. The van der Waals surface area contributed by atoms with E-state index in [2.05, 4.69) is 18.3 Å². The van der Waals surface area contributed by atoms with Crippen LogP contribution in [0.2, 0.25) is 0 Å². The summed E-state index contributed by atoms with van der Waals surface area (Å²) in [6, 6.07) is 10.6. The summed E-state index contributed by atoms with van der Waals surface area (Å²) in [5, 5.41) is 12.0. The summed E-state index contributed by atoms with van der Waals surface area (Å²) in [5.74, 6) is 0. The summed E-state index contributed by atoms with van der Waals surface area (Å²) >= 11 is 0. The number of nitrogens with one attached hydrogen (secondary N) is 1. The van der Waals surface area contributed by atoms with Crippen LogP contribution in [0.4, 0.5) is 5.69 Å². The highest BCUT2D eigenvalue weighted by Crippen LogP contribution is 2.19. The predicted molar refractivity (Wildman–Crippen MR) is 63.2 cm³/mol. The smallest absolute Gasteiger partial charge is 0.0748 e. The number of ether oxygens (including phenoxy) is 1. The highest BCUT2D eigenvalue weighted by Gasteiger charge is 2.23. The largest absolute Gasteiger partial charge is 0.380 e. The van der Waals surface area contributed by atoms with E-state index in [9.17, 15) is 0 Å². The van der Waals surface area contributed by atoms with Gasteiger partial charge in [0.15, 0.2) is 0 Å². The maximum Gasteiger partial charge on any atom is 0.0748 e. The van der Waals surface area contributed by atoms with Crippen LogP contribution in [-0.2, 0) is 11.2 Å². The molecule has 2 rings (SSSR count). The fourth-order valence-electron chi connectivity index (χ4n) is 1.95. The van der Waals surface area contributed by atoms with E-state index >= 15 is 0 Å². The van der Waals surface area contributed by atoms with E-state index < -0.39 is 0 Å². The van der Waals surface area contributed by atoms with Gasteiger partial charge >= 0.3 is 0 Å². The quantitative estimate of drug-likeness (QED) is 0.843. The number of nitriles is 1. The first-order chi connectivity index (χ1) is 7.79. The van der Waals surface area contributed by atoms with Crippen LogP contribution in [0.25, 0.3) is 0 Å². The molecule has 1 fully saturated rings. The van der Waals surface area contributed by atoms with Gasteiger partial charge in [0.1, 0.15) is 0 Å². The summed E-state index contributed by atoms with van der Waals surface area (Å²) in [6.07, 6.45) is 1.81. The molecule has 0 bridgehead atoms. The average molecular weight is 216 g/mol. The summed E-state index contributed by atoms with van der Waals surface area (Å²) in [4.78, 5) is 0. The van der Waals surface area contributed by atoms with Gasteiger partial charge in [0.25, 0.3) is 0 Å². The van der Waals surface area contributed by atoms with Gasteiger partial charge in [0.2, 0.25) is 0 Å². The van der Waals surface area contributed by atoms with Crippen molar-refractivity contribution in [3.8, 4) is 6.07 Å². The van der Waals surface area contributed by atoms with Crippen molar-refractivity contribution < 1.29 is 4.74 Å². The van der Waals surface area contributed by atoms with Crippen LogP contribution in [0, 0.1) is 11.3 Å². The molecule has 1 heterocycles. The Morgan fingerprint density at radius 2 is 2.19 bits per heavy atom. The Morgan fingerprint density at radius 1 is 1.44 bits per heavy atom. The van der Waals surface area contributed by atoms with Gasteiger partial charge in [-0.1, -0.05) is 12.1 Å². The molecular weight excluding hydrogens is 200 g/mol. The lowest BCUT2D eigenvalue weighted by Crippen LogP contribution is -2.26. The Hall–Kier alpha value is -1.53. The maximum absolute atomic E-state index is 8.57. The molecule has 0 saturated carbocycles. The average Bonchev–Trinajstić information content (AvgIpc) is 2.68. The SMILES string of the molecule is CC1OCCC1Nc1ccc(CC#N)cc1. The fourth-order valence-corrected chi connectivity index (χ4v) is 1.95. The van der Waals surface area contributed by atoms with Crippen LogP contribution in [0.15, 0.2) is 24.3 Å². The second-order valence-corrected chi connectivity index (χ2v) is 4.15. The fraction of sp³-hybridized carbons (Fsp3) is 0.462. The van der Waals surface area contributed by atoms with Crippen molar-refractivity contribution >= 4 is 5.69 Å². The number of nitrogens with zero attached hydrogens (tertiary/aromatic N) is 1. The number of benzene rings is 1. The predicted octanol–water partition coefficient (Wildman–Crippen LogP) is 2.34. The Kier molecular flexibility index (Phi) is 3.43. The van der Waals surface area contributed by atoms with Crippen LogP contribution < -0.4 is 5.32 Å². The topological polar surface area (TPSA) is 45.0 Å². The first kappa shape index (κ1) is 11.0. The van der Waals surface area contributed by atoms with Crippen LogP contribution in [0.1, 0.15) is 18.9 Å². The molecule has 1 aromatic carbocycles. The number of hydrogen-bond donors (Lipinski definition) is 1. The van der Waals surface area contributed by atoms with E-state index in [0.717, 1.165) is 24.3 Å². The van der Waals surface area contributed by atoms with Gasteiger partial charge in [0, 0.05) is 12.3 Å². The first-order valence-electron chi connectivity index (χ1n) is 5.63. The molecule has 1 aliphatic heterocycles. The van der Waals surface area contributed by atoms with Crippen LogP contribution in [0.3, 0.4) is 0 Å². The van der Waals surface area contributed by atoms with Crippen molar-refractivity contribution in [3.05, 3.63) is 29.8 Å². The van der Waals surface area contributed by atoms with E-state index in [4.69, 9.17) is 10.00 Å². The molecule has 3 nitrogen and oxygen atoms in total. The zero-order valence-corrected chi connectivity index (χ0v) is 9.44. The van der Waals surface area contributed by atoms with Crippen LogP contribution >= 0.6 is 0 Å².